The van der Waals surface area contributed by atoms with Crippen LogP contribution in [0, 0.1) is 6.92 Å². The van der Waals surface area contributed by atoms with Crippen molar-refractivity contribution in [1.29, 1.82) is 0 Å². The molecule has 0 bridgehead atoms. The number of rotatable bonds is 3. The van der Waals surface area contributed by atoms with E-state index < -0.39 is 0 Å². The highest BCUT2D eigenvalue weighted by Crippen LogP contribution is 2.24. The van der Waals surface area contributed by atoms with Gasteiger partial charge in [-0.3, -0.25) is 10.00 Å². The number of hydrogen-bond donors (Lipinski definition) is 1. The molecule has 1 aliphatic heterocycles. The van der Waals surface area contributed by atoms with Crippen LogP contribution in [0.3, 0.4) is 0 Å². The molecular weight excluding hydrogens is 232 g/mol. The first-order chi connectivity index (χ1) is 8.83. The van der Waals surface area contributed by atoms with Gasteiger partial charge in [-0.15, -0.1) is 0 Å². The third-order valence-corrected chi connectivity index (χ3v) is 3.16. The molecule has 6 nitrogen and oxygen atoms in total. The SMILES string of the molecule is Cc1cc(CN2CCOC[C@H]2c2ccn[nH]2)no1. The topological polar surface area (TPSA) is 67.2 Å². The molecule has 2 aromatic heterocycles. The van der Waals surface area contributed by atoms with Crippen molar-refractivity contribution in [2.45, 2.75) is 19.5 Å². The molecule has 3 rings (SSSR count). The molecule has 2 aromatic rings. The highest BCUT2D eigenvalue weighted by molar-refractivity contribution is 5.09. The van der Waals surface area contributed by atoms with E-state index in [4.69, 9.17) is 9.26 Å². The molecule has 1 atom stereocenters. The lowest BCUT2D eigenvalue weighted by atomic mass is 10.1. The van der Waals surface area contributed by atoms with E-state index in [0.717, 1.165) is 36.8 Å². The van der Waals surface area contributed by atoms with Crippen LogP contribution in [-0.4, -0.2) is 40.0 Å². The number of aryl methyl sites for hydroxylation is 1. The van der Waals surface area contributed by atoms with Crippen molar-refractivity contribution in [3.63, 3.8) is 0 Å². The second kappa shape index (κ2) is 4.91. The summed E-state index contributed by atoms with van der Waals surface area (Å²) in [4.78, 5) is 2.33. The first kappa shape index (κ1) is 11.4. The fourth-order valence-electron chi connectivity index (χ4n) is 2.27. The number of aromatic nitrogens is 3. The molecular formula is C12H16N4O2. The summed E-state index contributed by atoms with van der Waals surface area (Å²) in [6, 6.07) is 4.16. The smallest absolute Gasteiger partial charge is 0.133 e. The van der Waals surface area contributed by atoms with Crippen molar-refractivity contribution in [2.75, 3.05) is 19.8 Å². The van der Waals surface area contributed by atoms with E-state index in [2.05, 4.69) is 20.3 Å². The Morgan fingerprint density at radius 2 is 2.50 bits per heavy atom. The number of morpholine rings is 1. The van der Waals surface area contributed by atoms with E-state index in [0.29, 0.717) is 6.61 Å². The standard InChI is InChI=1S/C12H16N4O2/c1-9-6-10(15-18-9)7-16-4-5-17-8-12(16)11-2-3-13-14-11/h2-3,6,12H,4-5,7-8H2,1H3,(H,13,14)/t12-/m0/s1. The molecule has 6 heteroatoms. The van der Waals surface area contributed by atoms with Crippen LogP contribution in [0.25, 0.3) is 0 Å². The van der Waals surface area contributed by atoms with Crippen molar-refractivity contribution < 1.29 is 9.26 Å². The van der Waals surface area contributed by atoms with Gasteiger partial charge in [0.25, 0.3) is 0 Å². The molecule has 1 saturated heterocycles. The number of hydrogen-bond acceptors (Lipinski definition) is 5. The van der Waals surface area contributed by atoms with Gasteiger partial charge in [-0.1, -0.05) is 5.16 Å². The van der Waals surface area contributed by atoms with Crippen LogP contribution in [0.2, 0.25) is 0 Å². The summed E-state index contributed by atoms with van der Waals surface area (Å²) < 4.78 is 10.6. The summed E-state index contributed by atoms with van der Waals surface area (Å²) in [5.74, 6) is 0.844. The quantitative estimate of drug-likeness (QED) is 0.886. The van der Waals surface area contributed by atoms with Crippen molar-refractivity contribution in [3.8, 4) is 0 Å². The Kier molecular flexibility index (Phi) is 3.12. The van der Waals surface area contributed by atoms with Crippen LogP contribution in [0.1, 0.15) is 23.2 Å². The maximum Gasteiger partial charge on any atom is 0.133 e. The summed E-state index contributed by atoms with van der Waals surface area (Å²) in [6.07, 6.45) is 1.77. The molecule has 1 N–H and O–H groups in total. The second-order valence-electron chi connectivity index (χ2n) is 4.50. The van der Waals surface area contributed by atoms with Crippen molar-refractivity contribution in [2.24, 2.45) is 0 Å². The highest BCUT2D eigenvalue weighted by Gasteiger charge is 2.26. The summed E-state index contributed by atoms with van der Waals surface area (Å²) in [7, 11) is 0. The van der Waals surface area contributed by atoms with Crippen LogP contribution in [0.15, 0.2) is 22.9 Å². The predicted octanol–water partition coefficient (Wildman–Crippen LogP) is 1.28. The van der Waals surface area contributed by atoms with Gasteiger partial charge in [0.2, 0.25) is 0 Å². The number of ether oxygens (including phenoxy) is 1. The Labute approximate surface area is 105 Å². The largest absolute Gasteiger partial charge is 0.378 e. The number of nitrogens with one attached hydrogen (secondary N) is 1. The molecule has 0 amide bonds. The third kappa shape index (κ3) is 2.30. The first-order valence-corrected chi connectivity index (χ1v) is 6.06. The minimum atomic E-state index is 0.207. The van der Waals surface area contributed by atoms with E-state index in [1.165, 1.54) is 0 Å². The van der Waals surface area contributed by atoms with Gasteiger partial charge in [-0.25, -0.2) is 0 Å². The van der Waals surface area contributed by atoms with Crippen LogP contribution in [0.5, 0.6) is 0 Å². The molecule has 0 aliphatic carbocycles. The number of aromatic amines is 1. The van der Waals surface area contributed by atoms with Crippen LogP contribution in [0.4, 0.5) is 0 Å². The average molecular weight is 248 g/mol. The zero-order chi connectivity index (χ0) is 12.4. The van der Waals surface area contributed by atoms with Crippen LogP contribution < -0.4 is 0 Å². The first-order valence-electron chi connectivity index (χ1n) is 6.06. The Balaban J connectivity index is 1.76. The normalized spacial score (nSPS) is 21.3. The van der Waals surface area contributed by atoms with E-state index in [1.54, 1.807) is 6.20 Å². The zero-order valence-electron chi connectivity index (χ0n) is 10.3. The van der Waals surface area contributed by atoms with Gasteiger partial charge in [0.15, 0.2) is 0 Å². The Morgan fingerprint density at radius 1 is 1.56 bits per heavy atom. The molecule has 0 aromatic carbocycles. The lowest BCUT2D eigenvalue weighted by Gasteiger charge is -2.34. The van der Waals surface area contributed by atoms with Gasteiger partial charge in [0, 0.05) is 25.4 Å². The molecule has 3 heterocycles. The molecule has 0 unspecified atom stereocenters. The van der Waals surface area contributed by atoms with Gasteiger partial charge in [-0.05, 0) is 13.0 Å². The number of H-pyrrole nitrogens is 1. The van der Waals surface area contributed by atoms with E-state index in [1.807, 2.05) is 19.1 Å². The maximum atomic E-state index is 5.55. The molecule has 0 radical (unpaired) electrons. The summed E-state index contributed by atoms with van der Waals surface area (Å²) in [5, 5.41) is 11.1. The van der Waals surface area contributed by atoms with E-state index in [9.17, 15) is 0 Å². The number of nitrogens with zero attached hydrogens (tertiary/aromatic N) is 3. The average Bonchev–Trinajstić information content (AvgIpc) is 3.02. The summed E-state index contributed by atoms with van der Waals surface area (Å²) in [5.41, 5.74) is 2.04. The minimum absolute atomic E-state index is 0.207. The van der Waals surface area contributed by atoms with E-state index in [-0.39, 0.29) is 6.04 Å². The maximum absolute atomic E-state index is 5.55. The third-order valence-electron chi connectivity index (χ3n) is 3.16. The summed E-state index contributed by atoms with van der Waals surface area (Å²) in [6.45, 7) is 4.99. The van der Waals surface area contributed by atoms with Crippen LogP contribution in [-0.2, 0) is 11.3 Å². The van der Waals surface area contributed by atoms with Crippen LogP contribution >= 0.6 is 0 Å². The molecule has 96 valence electrons. The molecule has 0 spiro atoms. The molecule has 18 heavy (non-hydrogen) atoms. The lowest BCUT2D eigenvalue weighted by Crippen LogP contribution is -2.39. The molecule has 1 fully saturated rings. The molecule has 0 saturated carbocycles. The fraction of sp³-hybridized carbons (Fsp3) is 0.500. The second-order valence-corrected chi connectivity index (χ2v) is 4.50. The minimum Gasteiger partial charge on any atom is -0.378 e. The van der Waals surface area contributed by atoms with Gasteiger partial charge >= 0.3 is 0 Å². The predicted molar refractivity (Wildman–Crippen MR) is 63.8 cm³/mol. The van der Waals surface area contributed by atoms with Crippen molar-refractivity contribution in [1.82, 2.24) is 20.3 Å². The molecule has 1 aliphatic rings. The Bertz CT molecular complexity index is 494. The zero-order valence-corrected chi connectivity index (χ0v) is 10.3. The Morgan fingerprint density at radius 3 is 3.22 bits per heavy atom. The van der Waals surface area contributed by atoms with Gasteiger partial charge in [0.1, 0.15) is 5.76 Å². The van der Waals surface area contributed by atoms with Gasteiger partial charge in [0.05, 0.1) is 30.6 Å². The highest BCUT2D eigenvalue weighted by atomic mass is 16.5. The van der Waals surface area contributed by atoms with E-state index >= 15 is 0 Å². The van der Waals surface area contributed by atoms with Gasteiger partial charge in [-0.2, -0.15) is 5.10 Å². The monoisotopic (exact) mass is 248 g/mol. The van der Waals surface area contributed by atoms with Crippen molar-refractivity contribution >= 4 is 0 Å². The summed E-state index contributed by atoms with van der Waals surface area (Å²) >= 11 is 0. The lowest BCUT2D eigenvalue weighted by molar-refractivity contribution is -0.0151. The Hall–Kier alpha value is -1.66. The van der Waals surface area contributed by atoms with Crippen molar-refractivity contribution in [3.05, 3.63) is 35.5 Å². The van der Waals surface area contributed by atoms with Gasteiger partial charge < -0.3 is 9.26 Å². The fourth-order valence-corrected chi connectivity index (χ4v) is 2.27.